The number of nitrogens with zero attached hydrogens (tertiary/aromatic N) is 2. The van der Waals surface area contributed by atoms with Crippen LogP contribution < -0.4 is 10.6 Å². The number of benzene rings is 3. The summed E-state index contributed by atoms with van der Waals surface area (Å²) >= 11 is 5.98. The topological polar surface area (TPSA) is 66.9 Å². The normalized spacial score (nSPS) is 10.5. The Hall–Kier alpha value is -3.70. The summed E-state index contributed by atoms with van der Waals surface area (Å²) in [6, 6.07) is 26.2. The maximum atomic E-state index is 12.5. The van der Waals surface area contributed by atoms with Crippen LogP contribution in [0.1, 0.15) is 5.56 Å². The first kappa shape index (κ1) is 19.6. The number of hydrogen-bond acceptors (Lipinski definition) is 3. The summed E-state index contributed by atoms with van der Waals surface area (Å²) in [5, 5.41) is 6.01. The Kier molecular flexibility index (Phi) is 5.72. The van der Waals surface area contributed by atoms with Gasteiger partial charge in [0.15, 0.2) is 0 Å². The lowest BCUT2D eigenvalue weighted by Crippen LogP contribution is -2.21. The number of aryl methyl sites for hydroxylation is 1. The molecule has 0 saturated carbocycles. The average molecular weight is 415 g/mol. The number of rotatable bonds is 4. The van der Waals surface area contributed by atoms with Gasteiger partial charge in [0.25, 0.3) is 0 Å². The van der Waals surface area contributed by atoms with Gasteiger partial charge < -0.3 is 5.32 Å². The largest absolute Gasteiger partial charge is 0.326 e. The molecule has 0 bridgehead atoms. The molecule has 3 aromatic carbocycles. The van der Waals surface area contributed by atoms with E-state index in [0.717, 1.165) is 28.1 Å². The lowest BCUT2D eigenvalue weighted by atomic mass is 10.1. The third-order valence-electron chi connectivity index (χ3n) is 4.45. The highest BCUT2D eigenvalue weighted by atomic mass is 35.5. The number of carbonyl (C=O) groups excluding carboxylic acids is 1. The molecule has 0 aliphatic carbocycles. The zero-order valence-electron chi connectivity index (χ0n) is 16.3. The lowest BCUT2D eigenvalue weighted by molar-refractivity contribution is 0.262. The second kappa shape index (κ2) is 8.76. The van der Waals surface area contributed by atoms with Gasteiger partial charge in [0.2, 0.25) is 5.95 Å². The summed E-state index contributed by atoms with van der Waals surface area (Å²) in [4.78, 5) is 21.6. The number of carbonyl (C=O) groups is 1. The molecule has 4 rings (SSSR count). The minimum absolute atomic E-state index is 0.214. The van der Waals surface area contributed by atoms with Crippen LogP contribution in [0.25, 0.3) is 22.5 Å². The second-order valence-corrected chi connectivity index (χ2v) is 7.22. The first-order valence-corrected chi connectivity index (χ1v) is 9.80. The van der Waals surface area contributed by atoms with Crippen molar-refractivity contribution in [3.05, 3.63) is 95.5 Å². The van der Waals surface area contributed by atoms with E-state index in [1.165, 1.54) is 0 Å². The molecule has 0 saturated heterocycles. The Labute approximate surface area is 179 Å². The fraction of sp³-hybridized carbons (Fsp3) is 0.0417. The minimum Gasteiger partial charge on any atom is -0.308 e. The van der Waals surface area contributed by atoms with E-state index in [1.807, 2.05) is 67.6 Å². The summed E-state index contributed by atoms with van der Waals surface area (Å²) in [7, 11) is 0. The van der Waals surface area contributed by atoms with E-state index in [2.05, 4.69) is 20.6 Å². The van der Waals surface area contributed by atoms with Crippen LogP contribution in [-0.4, -0.2) is 16.0 Å². The van der Waals surface area contributed by atoms with Crippen LogP contribution in [0, 0.1) is 6.92 Å². The summed E-state index contributed by atoms with van der Waals surface area (Å²) in [5.74, 6) is 0.214. The molecule has 1 heterocycles. The Morgan fingerprint density at radius 3 is 2.10 bits per heavy atom. The van der Waals surface area contributed by atoms with Crippen molar-refractivity contribution >= 4 is 29.3 Å². The number of amides is 2. The first-order chi connectivity index (χ1) is 14.6. The van der Waals surface area contributed by atoms with Crippen LogP contribution in [0.4, 0.5) is 16.4 Å². The minimum atomic E-state index is -0.447. The van der Waals surface area contributed by atoms with Gasteiger partial charge in [0, 0.05) is 21.8 Å². The summed E-state index contributed by atoms with van der Waals surface area (Å²) in [5.41, 5.74) is 5.07. The van der Waals surface area contributed by atoms with Crippen molar-refractivity contribution in [3.63, 3.8) is 0 Å². The Morgan fingerprint density at radius 2 is 1.43 bits per heavy atom. The molecule has 0 unspecified atom stereocenters. The van der Waals surface area contributed by atoms with Crippen LogP contribution in [0.15, 0.2) is 84.9 Å². The van der Waals surface area contributed by atoms with Crippen molar-refractivity contribution < 1.29 is 4.79 Å². The fourth-order valence-electron chi connectivity index (χ4n) is 2.96. The molecule has 1 aromatic heterocycles. The molecule has 30 heavy (non-hydrogen) atoms. The first-order valence-electron chi connectivity index (χ1n) is 9.42. The molecular weight excluding hydrogens is 396 g/mol. The molecule has 0 aliphatic rings. The van der Waals surface area contributed by atoms with E-state index in [1.54, 1.807) is 24.3 Å². The third-order valence-corrected chi connectivity index (χ3v) is 4.69. The van der Waals surface area contributed by atoms with Gasteiger partial charge in [-0.15, -0.1) is 0 Å². The van der Waals surface area contributed by atoms with Crippen LogP contribution in [0.2, 0.25) is 5.02 Å². The van der Waals surface area contributed by atoms with Gasteiger partial charge in [-0.1, -0.05) is 77.8 Å². The summed E-state index contributed by atoms with van der Waals surface area (Å²) in [6.07, 6.45) is 0. The van der Waals surface area contributed by atoms with Gasteiger partial charge in [-0.3, -0.25) is 5.32 Å². The number of anilines is 2. The second-order valence-electron chi connectivity index (χ2n) is 6.78. The predicted octanol–water partition coefficient (Wildman–Crippen LogP) is 6.42. The molecule has 2 amide bonds. The zero-order valence-corrected chi connectivity index (χ0v) is 17.0. The Balaban J connectivity index is 1.66. The number of aromatic nitrogens is 2. The fourth-order valence-corrected chi connectivity index (χ4v) is 3.15. The maximum absolute atomic E-state index is 12.5. The van der Waals surface area contributed by atoms with Crippen molar-refractivity contribution in [1.29, 1.82) is 0 Å². The van der Waals surface area contributed by atoms with Crippen molar-refractivity contribution in [2.24, 2.45) is 0 Å². The van der Waals surface area contributed by atoms with Crippen LogP contribution in [-0.2, 0) is 0 Å². The van der Waals surface area contributed by atoms with E-state index in [4.69, 9.17) is 11.6 Å². The van der Waals surface area contributed by atoms with Crippen molar-refractivity contribution in [2.45, 2.75) is 6.92 Å². The van der Waals surface area contributed by atoms with Gasteiger partial charge in [0.05, 0.1) is 11.4 Å². The van der Waals surface area contributed by atoms with Gasteiger partial charge >= 0.3 is 6.03 Å². The number of nitrogens with one attached hydrogen (secondary N) is 2. The molecule has 2 N–H and O–H groups in total. The Morgan fingerprint density at radius 1 is 0.767 bits per heavy atom. The van der Waals surface area contributed by atoms with Crippen molar-refractivity contribution in [2.75, 3.05) is 10.6 Å². The molecule has 5 nitrogen and oxygen atoms in total. The monoisotopic (exact) mass is 414 g/mol. The molecule has 0 atom stereocenters. The molecular formula is C24H19ClN4O. The number of urea groups is 1. The van der Waals surface area contributed by atoms with Gasteiger partial charge in [-0.2, -0.15) is 0 Å². The van der Waals surface area contributed by atoms with Crippen LogP contribution in [0.5, 0.6) is 0 Å². The maximum Gasteiger partial charge on any atom is 0.326 e. The van der Waals surface area contributed by atoms with Crippen molar-refractivity contribution in [1.82, 2.24) is 9.97 Å². The van der Waals surface area contributed by atoms with Gasteiger partial charge in [0.1, 0.15) is 0 Å². The summed E-state index contributed by atoms with van der Waals surface area (Å²) in [6.45, 7) is 2.03. The SMILES string of the molecule is Cc1ccc(-c2cc(-c3ccccc3)nc(NC(=O)Nc3cccc(Cl)c3)n2)cc1. The molecule has 0 aliphatic heterocycles. The van der Waals surface area contributed by atoms with E-state index in [-0.39, 0.29) is 5.95 Å². The predicted molar refractivity (Wildman–Crippen MR) is 122 cm³/mol. The number of hydrogen-bond donors (Lipinski definition) is 2. The third kappa shape index (κ3) is 4.82. The highest BCUT2D eigenvalue weighted by Crippen LogP contribution is 2.25. The van der Waals surface area contributed by atoms with Crippen LogP contribution in [0.3, 0.4) is 0 Å². The van der Waals surface area contributed by atoms with E-state index in [9.17, 15) is 4.79 Å². The molecule has 148 valence electrons. The zero-order chi connectivity index (χ0) is 20.9. The average Bonchev–Trinajstić information content (AvgIpc) is 2.74. The molecule has 0 fully saturated rings. The number of halogens is 1. The van der Waals surface area contributed by atoms with Gasteiger partial charge in [-0.05, 0) is 31.2 Å². The lowest BCUT2D eigenvalue weighted by Gasteiger charge is -2.11. The van der Waals surface area contributed by atoms with E-state index >= 15 is 0 Å². The quantitative estimate of drug-likeness (QED) is 0.405. The van der Waals surface area contributed by atoms with Crippen molar-refractivity contribution in [3.8, 4) is 22.5 Å². The van der Waals surface area contributed by atoms with Gasteiger partial charge in [-0.25, -0.2) is 14.8 Å². The Bertz CT molecular complexity index is 1180. The summed E-state index contributed by atoms with van der Waals surface area (Å²) < 4.78 is 0. The molecule has 4 aromatic rings. The molecule has 0 radical (unpaired) electrons. The standard InChI is InChI=1S/C24H19ClN4O/c1-16-10-12-18(13-11-16)22-15-21(17-6-3-2-4-7-17)27-23(28-22)29-24(30)26-20-9-5-8-19(25)14-20/h2-15H,1H3,(H2,26,27,28,29,30). The highest BCUT2D eigenvalue weighted by molar-refractivity contribution is 6.30. The van der Waals surface area contributed by atoms with E-state index < -0.39 is 6.03 Å². The molecule has 6 heteroatoms. The highest BCUT2D eigenvalue weighted by Gasteiger charge is 2.11. The van der Waals surface area contributed by atoms with Crippen LogP contribution >= 0.6 is 11.6 Å². The van der Waals surface area contributed by atoms with E-state index in [0.29, 0.717) is 10.7 Å². The molecule has 0 spiro atoms. The smallest absolute Gasteiger partial charge is 0.308 e.